The summed E-state index contributed by atoms with van der Waals surface area (Å²) in [5, 5.41) is 6.20. The molecule has 0 spiro atoms. The standard InChI is InChI=1S/C16H16N2O4S.C2H6/c1-3-10(4-2)18-14(20)6-5-7-23-13-8-12(19)16-11(15(13)21)9-17-22-16;1-2/h3-4,8-9H,1,5-7H2,2H3,(H,18,20);1-2H3/b10-4+;. The van der Waals surface area contributed by atoms with Crippen molar-refractivity contribution < 1.29 is 18.9 Å². The van der Waals surface area contributed by atoms with Crippen LogP contribution in [0.5, 0.6) is 0 Å². The SMILES string of the molecule is C=C/C(=C\C)NC(=O)CCCSC1=CC(=O)c2oncc2C1=O.CC. The number of allylic oxidation sites excluding steroid dienone is 4. The Morgan fingerprint density at radius 1 is 1.40 bits per heavy atom. The van der Waals surface area contributed by atoms with Crippen LogP contribution in [-0.2, 0) is 4.79 Å². The van der Waals surface area contributed by atoms with Gasteiger partial charge in [0.15, 0.2) is 0 Å². The molecule has 0 saturated carbocycles. The average Bonchev–Trinajstić information content (AvgIpc) is 3.13. The first kappa shape index (κ1) is 20.6. The van der Waals surface area contributed by atoms with E-state index in [-0.39, 0.29) is 28.8 Å². The molecule has 25 heavy (non-hydrogen) atoms. The van der Waals surface area contributed by atoms with Gasteiger partial charge in [0, 0.05) is 18.2 Å². The molecule has 0 radical (unpaired) electrons. The number of rotatable bonds is 7. The van der Waals surface area contributed by atoms with E-state index in [1.165, 1.54) is 24.0 Å². The van der Waals surface area contributed by atoms with E-state index in [4.69, 9.17) is 4.52 Å². The van der Waals surface area contributed by atoms with Gasteiger partial charge in [0.1, 0.15) is 0 Å². The van der Waals surface area contributed by atoms with Crippen molar-refractivity contribution in [2.75, 3.05) is 5.75 Å². The van der Waals surface area contributed by atoms with E-state index in [9.17, 15) is 14.4 Å². The second-order valence-corrected chi connectivity index (χ2v) is 5.86. The van der Waals surface area contributed by atoms with Crippen LogP contribution in [0.2, 0.25) is 0 Å². The summed E-state index contributed by atoms with van der Waals surface area (Å²) in [4.78, 5) is 36.0. The van der Waals surface area contributed by atoms with Crippen molar-refractivity contribution in [3.63, 3.8) is 0 Å². The smallest absolute Gasteiger partial charge is 0.225 e. The van der Waals surface area contributed by atoms with E-state index in [0.29, 0.717) is 29.2 Å². The van der Waals surface area contributed by atoms with Crippen LogP contribution >= 0.6 is 11.8 Å². The first-order valence-electron chi connectivity index (χ1n) is 8.03. The van der Waals surface area contributed by atoms with Gasteiger partial charge < -0.3 is 9.84 Å². The fourth-order valence-corrected chi connectivity index (χ4v) is 2.89. The van der Waals surface area contributed by atoms with Crippen LogP contribution < -0.4 is 5.32 Å². The number of carbonyl (C=O) groups is 3. The fraction of sp³-hybridized carbons (Fsp3) is 0.333. The van der Waals surface area contributed by atoms with E-state index >= 15 is 0 Å². The van der Waals surface area contributed by atoms with Crippen molar-refractivity contribution in [3.8, 4) is 0 Å². The number of amides is 1. The Kier molecular flexibility index (Phi) is 8.63. The minimum atomic E-state index is -0.360. The summed E-state index contributed by atoms with van der Waals surface area (Å²) in [6, 6.07) is 0. The Morgan fingerprint density at radius 3 is 2.76 bits per heavy atom. The molecule has 0 atom stereocenters. The Labute approximate surface area is 151 Å². The van der Waals surface area contributed by atoms with Crippen molar-refractivity contribution in [1.29, 1.82) is 0 Å². The second-order valence-electron chi connectivity index (χ2n) is 4.72. The average molecular weight is 362 g/mol. The molecule has 1 aliphatic rings. The van der Waals surface area contributed by atoms with Gasteiger partial charge in [0.25, 0.3) is 0 Å². The van der Waals surface area contributed by atoms with E-state index in [1.54, 1.807) is 12.2 Å². The summed E-state index contributed by atoms with van der Waals surface area (Å²) in [5.74, 6) is -0.195. The Balaban J connectivity index is 0.00000151. The van der Waals surface area contributed by atoms with Crippen molar-refractivity contribution in [1.82, 2.24) is 10.5 Å². The van der Waals surface area contributed by atoms with Gasteiger partial charge in [-0.25, -0.2) is 0 Å². The first-order chi connectivity index (χ1) is 12.1. The minimum Gasteiger partial charge on any atom is -0.352 e. The number of aromatic nitrogens is 1. The van der Waals surface area contributed by atoms with Gasteiger partial charge >= 0.3 is 0 Å². The van der Waals surface area contributed by atoms with Crippen LogP contribution in [0.3, 0.4) is 0 Å². The zero-order chi connectivity index (χ0) is 18.8. The molecular formula is C18H22N2O4S. The highest BCUT2D eigenvalue weighted by molar-refractivity contribution is 8.04. The summed E-state index contributed by atoms with van der Waals surface area (Å²) in [6.07, 6.45) is 6.75. The molecule has 0 bridgehead atoms. The monoisotopic (exact) mass is 362 g/mol. The molecular weight excluding hydrogens is 340 g/mol. The topological polar surface area (TPSA) is 89.3 Å². The minimum absolute atomic E-state index is 0.0120. The third-order valence-corrected chi connectivity index (χ3v) is 4.25. The lowest BCUT2D eigenvalue weighted by Gasteiger charge is -2.09. The highest BCUT2D eigenvalue weighted by atomic mass is 32.2. The van der Waals surface area contributed by atoms with Gasteiger partial charge in [-0.05, 0) is 25.2 Å². The lowest BCUT2D eigenvalue weighted by Crippen LogP contribution is -2.21. The van der Waals surface area contributed by atoms with Gasteiger partial charge in [0.05, 0.1) is 16.7 Å². The van der Waals surface area contributed by atoms with Crippen LogP contribution in [0.25, 0.3) is 0 Å². The second kappa shape index (κ2) is 10.5. The number of ketones is 2. The molecule has 1 amide bonds. The molecule has 1 aromatic rings. The van der Waals surface area contributed by atoms with Crippen molar-refractivity contribution >= 4 is 29.2 Å². The molecule has 1 aliphatic carbocycles. The highest BCUT2D eigenvalue weighted by Crippen LogP contribution is 2.28. The predicted molar refractivity (Wildman–Crippen MR) is 98.4 cm³/mol. The molecule has 1 N–H and O–H groups in total. The van der Waals surface area contributed by atoms with Gasteiger partial charge in [-0.1, -0.05) is 31.7 Å². The van der Waals surface area contributed by atoms with E-state index < -0.39 is 0 Å². The highest BCUT2D eigenvalue weighted by Gasteiger charge is 2.29. The molecule has 0 unspecified atom stereocenters. The lowest BCUT2D eigenvalue weighted by atomic mass is 10.0. The number of Topliss-reactive ketones (excluding diaryl/α,β-unsaturated/α-hetero) is 1. The molecule has 0 aliphatic heterocycles. The van der Waals surface area contributed by atoms with Crippen LogP contribution in [0.4, 0.5) is 0 Å². The summed E-state index contributed by atoms with van der Waals surface area (Å²) >= 11 is 1.26. The van der Waals surface area contributed by atoms with Crippen molar-refractivity contribution in [3.05, 3.63) is 52.9 Å². The molecule has 0 aromatic carbocycles. The molecule has 1 aromatic heterocycles. The maximum atomic E-state index is 12.1. The molecule has 7 heteroatoms. The molecule has 0 saturated heterocycles. The summed E-state index contributed by atoms with van der Waals surface area (Å²) in [7, 11) is 0. The van der Waals surface area contributed by atoms with Crippen LogP contribution in [-0.4, -0.2) is 28.4 Å². The van der Waals surface area contributed by atoms with E-state index in [2.05, 4.69) is 17.1 Å². The van der Waals surface area contributed by atoms with Gasteiger partial charge in [-0.2, -0.15) is 0 Å². The number of hydrogen-bond donors (Lipinski definition) is 1. The quantitative estimate of drug-likeness (QED) is 0.588. The Morgan fingerprint density at radius 2 is 2.12 bits per heavy atom. The molecule has 134 valence electrons. The van der Waals surface area contributed by atoms with Gasteiger partial charge in [0.2, 0.25) is 23.2 Å². The molecule has 6 nitrogen and oxygen atoms in total. The lowest BCUT2D eigenvalue weighted by molar-refractivity contribution is -0.120. The number of thioether (sulfide) groups is 1. The maximum Gasteiger partial charge on any atom is 0.225 e. The molecule has 1 heterocycles. The Bertz CT molecular complexity index is 716. The molecule has 0 fully saturated rings. The van der Waals surface area contributed by atoms with Crippen LogP contribution in [0.1, 0.15) is 54.5 Å². The summed E-state index contributed by atoms with van der Waals surface area (Å²) < 4.78 is 4.76. The number of nitrogens with zero attached hydrogens (tertiary/aromatic N) is 1. The summed E-state index contributed by atoms with van der Waals surface area (Å²) in [6.45, 7) is 9.41. The zero-order valence-electron chi connectivity index (χ0n) is 14.6. The normalized spacial score (nSPS) is 13.4. The fourth-order valence-electron chi connectivity index (χ4n) is 1.95. The zero-order valence-corrected chi connectivity index (χ0v) is 15.4. The largest absolute Gasteiger partial charge is 0.352 e. The third kappa shape index (κ3) is 5.56. The number of nitrogens with one attached hydrogen (secondary N) is 1. The van der Waals surface area contributed by atoms with E-state index in [1.807, 2.05) is 20.8 Å². The van der Waals surface area contributed by atoms with E-state index in [0.717, 1.165) is 0 Å². The molecule has 2 rings (SSSR count). The summed E-state index contributed by atoms with van der Waals surface area (Å²) in [5.41, 5.74) is 0.861. The first-order valence-corrected chi connectivity index (χ1v) is 9.02. The maximum absolute atomic E-state index is 12.1. The number of carbonyl (C=O) groups excluding carboxylic acids is 3. The Hall–Kier alpha value is -2.41. The van der Waals surface area contributed by atoms with Crippen molar-refractivity contribution in [2.24, 2.45) is 0 Å². The van der Waals surface area contributed by atoms with Crippen LogP contribution in [0.15, 0.2) is 46.1 Å². The van der Waals surface area contributed by atoms with Gasteiger partial charge in [-0.3, -0.25) is 14.4 Å². The number of hydrogen-bond acceptors (Lipinski definition) is 6. The third-order valence-electron chi connectivity index (χ3n) is 3.15. The van der Waals surface area contributed by atoms with Gasteiger partial charge in [-0.15, -0.1) is 11.8 Å². The number of fused-ring (bicyclic) bond motifs is 1. The van der Waals surface area contributed by atoms with Crippen molar-refractivity contribution in [2.45, 2.75) is 33.6 Å². The predicted octanol–water partition coefficient (Wildman–Crippen LogP) is 3.68. The van der Waals surface area contributed by atoms with Crippen LogP contribution in [0, 0.1) is 0 Å².